The molecule has 0 radical (unpaired) electrons. The second-order valence-electron chi connectivity index (χ2n) is 4.72. The Kier molecular flexibility index (Phi) is 2.37. The standard InChI is InChI=1S/C16H14S/c1-10-8-13-14(9-10)16(17)11(2)15(13)12-6-4-3-5-7-12/h3-9,13H,1-2H3. The molecule has 0 spiro atoms. The third-order valence-electron chi connectivity index (χ3n) is 3.55. The van der Waals surface area contributed by atoms with Crippen molar-refractivity contribution >= 4 is 22.7 Å². The van der Waals surface area contributed by atoms with Crippen molar-refractivity contribution in [1.29, 1.82) is 0 Å². The zero-order valence-electron chi connectivity index (χ0n) is 10.0. The molecule has 0 aliphatic heterocycles. The van der Waals surface area contributed by atoms with E-state index in [-0.39, 0.29) is 0 Å². The fourth-order valence-electron chi connectivity index (χ4n) is 2.77. The van der Waals surface area contributed by atoms with Gasteiger partial charge in [0, 0.05) is 10.8 Å². The lowest BCUT2D eigenvalue weighted by atomic mass is 9.93. The van der Waals surface area contributed by atoms with E-state index < -0.39 is 0 Å². The third kappa shape index (κ3) is 1.54. The predicted molar refractivity (Wildman–Crippen MR) is 77.0 cm³/mol. The van der Waals surface area contributed by atoms with Crippen molar-refractivity contribution in [2.24, 2.45) is 5.92 Å². The summed E-state index contributed by atoms with van der Waals surface area (Å²) in [4.78, 5) is 1.04. The van der Waals surface area contributed by atoms with Crippen LogP contribution in [0.3, 0.4) is 0 Å². The zero-order chi connectivity index (χ0) is 12.0. The molecule has 0 amide bonds. The van der Waals surface area contributed by atoms with Gasteiger partial charge in [-0.15, -0.1) is 0 Å². The highest BCUT2D eigenvalue weighted by Gasteiger charge is 2.33. The minimum Gasteiger partial charge on any atom is -0.0795 e. The second kappa shape index (κ2) is 3.78. The topological polar surface area (TPSA) is 0 Å². The quantitative estimate of drug-likeness (QED) is 0.656. The molecule has 0 N–H and O–H groups in total. The number of hydrogen-bond donors (Lipinski definition) is 0. The Bertz CT molecular complexity index is 585. The Balaban J connectivity index is 2.17. The summed E-state index contributed by atoms with van der Waals surface area (Å²) in [5.74, 6) is 0.393. The van der Waals surface area contributed by atoms with Crippen LogP contribution >= 0.6 is 12.2 Å². The molecule has 0 heterocycles. The molecule has 1 heteroatoms. The predicted octanol–water partition coefficient (Wildman–Crippen LogP) is 4.35. The van der Waals surface area contributed by atoms with E-state index in [4.69, 9.17) is 12.2 Å². The minimum atomic E-state index is 0.393. The first-order valence-corrected chi connectivity index (χ1v) is 6.30. The van der Waals surface area contributed by atoms with Gasteiger partial charge < -0.3 is 0 Å². The van der Waals surface area contributed by atoms with E-state index in [1.54, 1.807) is 0 Å². The van der Waals surface area contributed by atoms with Gasteiger partial charge in [-0.25, -0.2) is 0 Å². The largest absolute Gasteiger partial charge is 0.0795 e. The van der Waals surface area contributed by atoms with E-state index in [0.717, 1.165) is 4.86 Å². The molecule has 0 saturated heterocycles. The van der Waals surface area contributed by atoms with Crippen molar-refractivity contribution in [3.05, 3.63) is 64.8 Å². The minimum absolute atomic E-state index is 0.393. The smallest absolute Gasteiger partial charge is 0.0451 e. The van der Waals surface area contributed by atoms with Gasteiger partial charge in [0.05, 0.1) is 0 Å². The maximum absolute atomic E-state index is 5.55. The molecule has 2 aliphatic carbocycles. The number of benzene rings is 1. The lowest BCUT2D eigenvalue weighted by Crippen LogP contribution is -1.97. The van der Waals surface area contributed by atoms with E-state index in [0.29, 0.717) is 5.92 Å². The van der Waals surface area contributed by atoms with E-state index >= 15 is 0 Å². The summed E-state index contributed by atoms with van der Waals surface area (Å²) in [7, 11) is 0. The molecular weight excluding hydrogens is 224 g/mol. The maximum atomic E-state index is 5.55. The Labute approximate surface area is 107 Å². The van der Waals surface area contributed by atoms with Crippen molar-refractivity contribution in [3.63, 3.8) is 0 Å². The van der Waals surface area contributed by atoms with Crippen LogP contribution in [-0.4, -0.2) is 4.86 Å². The molecule has 1 aromatic carbocycles. The number of thiocarbonyl (C=S) groups is 1. The molecule has 3 rings (SSSR count). The van der Waals surface area contributed by atoms with Crippen LogP contribution in [0.1, 0.15) is 19.4 Å². The summed E-state index contributed by atoms with van der Waals surface area (Å²) >= 11 is 5.55. The Morgan fingerprint density at radius 1 is 1.06 bits per heavy atom. The second-order valence-corrected chi connectivity index (χ2v) is 5.13. The van der Waals surface area contributed by atoms with Gasteiger partial charge in [0.2, 0.25) is 0 Å². The van der Waals surface area contributed by atoms with Gasteiger partial charge >= 0.3 is 0 Å². The zero-order valence-corrected chi connectivity index (χ0v) is 10.8. The van der Waals surface area contributed by atoms with Crippen molar-refractivity contribution in [2.75, 3.05) is 0 Å². The normalized spacial score (nSPS) is 22.7. The Morgan fingerprint density at radius 3 is 2.47 bits per heavy atom. The molecule has 1 atom stereocenters. The van der Waals surface area contributed by atoms with E-state index in [1.165, 1.54) is 27.9 Å². The summed E-state index contributed by atoms with van der Waals surface area (Å²) < 4.78 is 0. The van der Waals surface area contributed by atoms with Gasteiger partial charge in [-0.05, 0) is 36.1 Å². The molecule has 84 valence electrons. The first-order chi connectivity index (χ1) is 8.18. The van der Waals surface area contributed by atoms with Gasteiger partial charge in [-0.1, -0.05) is 60.3 Å². The molecule has 0 fully saturated rings. The molecular formula is C16H14S. The van der Waals surface area contributed by atoms with E-state index in [1.807, 2.05) is 0 Å². The fourth-order valence-corrected chi connectivity index (χ4v) is 3.06. The van der Waals surface area contributed by atoms with Crippen molar-refractivity contribution in [1.82, 2.24) is 0 Å². The Hall–Kier alpha value is -1.47. The lowest BCUT2D eigenvalue weighted by Gasteiger charge is -2.10. The van der Waals surface area contributed by atoms with Gasteiger partial charge in [-0.3, -0.25) is 0 Å². The average Bonchev–Trinajstić information content (AvgIpc) is 2.80. The summed E-state index contributed by atoms with van der Waals surface area (Å²) in [5, 5.41) is 0. The van der Waals surface area contributed by atoms with Crippen LogP contribution in [0.25, 0.3) is 5.57 Å². The molecule has 2 aliphatic rings. The van der Waals surface area contributed by atoms with Gasteiger partial charge in [0.15, 0.2) is 0 Å². The van der Waals surface area contributed by atoms with Crippen LogP contribution in [0.2, 0.25) is 0 Å². The molecule has 1 unspecified atom stereocenters. The third-order valence-corrected chi connectivity index (χ3v) is 4.09. The van der Waals surface area contributed by atoms with Crippen LogP contribution < -0.4 is 0 Å². The molecule has 0 nitrogen and oxygen atoms in total. The highest BCUT2D eigenvalue weighted by Crippen LogP contribution is 2.45. The first-order valence-electron chi connectivity index (χ1n) is 5.89. The number of fused-ring (bicyclic) bond motifs is 1. The van der Waals surface area contributed by atoms with E-state index in [9.17, 15) is 0 Å². The number of rotatable bonds is 1. The van der Waals surface area contributed by atoms with Crippen molar-refractivity contribution in [2.45, 2.75) is 13.8 Å². The molecule has 0 bridgehead atoms. The summed E-state index contributed by atoms with van der Waals surface area (Å²) in [6.45, 7) is 4.29. The van der Waals surface area contributed by atoms with Crippen LogP contribution in [0.15, 0.2) is 59.2 Å². The number of allylic oxidation sites excluding steroid dienone is 6. The van der Waals surface area contributed by atoms with Gasteiger partial charge in [-0.2, -0.15) is 0 Å². The fraction of sp³-hybridized carbons (Fsp3) is 0.188. The lowest BCUT2D eigenvalue weighted by molar-refractivity contribution is 1.09. The monoisotopic (exact) mass is 238 g/mol. The van der Waals surface area contributed by atoms with Crippen LogP contribution in [0.5, 0.6) is 0 Å². The van der Waals surface area contributed by atoms with Crippen LogP contribution in [0, 0.1) is 5.92 Å². The van der Waals surface area contributed by atoms with E-state index in [2.05, 4.69) is 56.3 Å². The molecule has 17 heavy (non-hydrogen) atoms. The average molecular weight is 238 g/mol. The number of hydrogen-bond acceptors (Lipinski definition) is 1. The van der Waals surface area contributed by atoms with Crippen molar-refractivity contribution in [3.8, 4) is 0 Å². The summed E-state index contributed by atoms with van der Waals surface area (Å²) in [6, 6.07) is 10.6. The Morgan fingerprint density at radius 2 is 1.76 bits per heavy atom. The molecule has 0 aromatic heterocycles. The maximum Gasteiger partial charge on any atom is 0.0451 e. The summed E-state index contributed by atoms with van der Waals surface area (Å²) in [5.41, 5.74) is 6.60. The van der Waals surface area contributed by atoms with Crippen LogP contribution in [-0.2, 0) is 0 Å². The molecule has 1 aromatic rings. The van der Waals surface area contributed by atoms with Gasteiger partial charge in [0.25, 0.3) is 0 Å². The van der Waals surface area contributed by atoms with Gasteiger partial charge in [0.1, 0.15) is 0 Å². The highest BCUT2D eigenvalue weighted by atomic mass is 32.1. The van der Waals surface area contributed by atoms with Crippen LogP contribution in [0.4, 0.5) is 0 Å². The van der Waals surface area contributed by atoms with Crippen molar-refractivity contribution < 1.29 is 0 Å². The SMILES string of the molecule is CC1=CC2C(=C1)C(=S)C(C)=C2c1ccccc1. The first kappa shape index (κ1) is 10.7. The highest BCUT2D eigenvalue weighted by molar-refractivity contribution is 7.81. The summed E-state index contributed by atoms with van der Waals surface area (Å²) in [6.07, 6.45) is 4.55. The molecule has 0 saturated carbocycles.